The Kier molecular flexibility index (Phi) is 2.59. The number of nitrogen functional groups attached to an aromatic ring is 1. The van der Waals surface area contributed by atoms with Crippen LogP contribution < -0.4 is 5.73 Å². The highest BCUT2D eigenvalue weighted by molar-refractivity contribution is 6.33. The zero-order valence-electron chi connectivity index (χ0n) is 8.96. The van der Waals surface area contributed by atoms with Crippen molar-refractivity contribution in [3.8, 4) is 11.3 Å². The van der Waals surface area contributed by atoms with E-state index in [1.54, 1.807) is 10.6 Å². The molecule has 2 aromatic rings. The first-order valence-electron chi connectivity index (χ1n) is 4.75. The van der Waals surface area contributed by atoms with Crippen molar-refractivity contribution < 1.29 is 4.39 Å². The second-order valence-corrected chi connectivity index (χ2v) is 3.98. The normalized spacial score (nSPS) is 10.8. The molecule has 1 heterocycles. The van der Waals surface area contributed by atoms with Crippen molar-refractivity contribution in [2.45, 2.75) is 6.92 Å². The van der Waals surface area contributed by atoms with E-state index in [1.165, 1.54) is 12.1 Å². The van der Waals surface area contributed by atoms with Gasteiger partial charge in [-0.25, -0.2) is 9.37 Å². The van der Waals surface area contributed by atoms with Crippen LogP contribution in [0.2, 0.25) is 5.02 Å². The number of rotatable bonds is 1. The van der Waals surface area contributed by atoms with E-state index in [9.17, 15) is 4.39 Å². The quantitative estimate of drug-likeness (QED) is 0.832. The Morgan fingerprint density at radius 3 is 2.62 bits per heavy atom. The maximum atomic E-state index is 12.9. The van der Waals surface area contributed by atoms with Crippen molar-refractivity contribution in [3.63, 3.8) is 0 Å². The maximum Gasteiger partial charge on any atom is 0.131 e. The van der Waals surface area contributed by atoms with Crippen LogP contribution in [0.5, 0.6) is 0 Å². The topological polar surface area (TPSA) is 43.8 Å². The van der Waals surface area contributed by atoms with E-state index in [1.807, 2.05) is 14.0 Å². The van der Waals surface area contributed by atoms with E-state index in [0.717, 1.165) is 5.82 Å². The van der Waals surface area contributed by atoms with E-state index < -0.39 is 0 Å². The van der Waals surface area contributed by atoms with Crippen LogP contribution in [0, 0.1) is 12.7 Å². The van der Waals surface area contributed by atoms with Gasteiger partial charge in [0.15, 0.2) is 0 Å². The summed E-state index contributed by atoms with van der Waals surface area (Å²) in [5.41, 5.74) is 7.12. The van der Waals surface area contributed by atoms with Crippen LogP contribution in [-0.4, -0.2) is 9.55 Å². The van der Waals surface area contributed by atoms with Gasteiger partial charge < -0.3 is 10.3 Å². The minimum Gasteiger partial charge on any atom is -0.383 e. The van der Waals surface area contributed by atoms with Crippen LogP contribution in [-0.2, 0) is 7.05 Å². The van der Waals surface area contributed by atoms with Gasteiger partial charge in [-0.05, 0) is 25.1 Å². The van der Waals surface area contributed by atoms with E-state index in [4.69, 9.17) is 17.3 Å². The number of halogens is 2. The van der Waals surface area contributed by atoms with E-state index in [2.05, 4.69) is 4.98 Å². The molecule has 0 spiro atoms. The molecular formula is C11H11ClFN3. The Bertz CT molecular complexity index is 548. The summed E-state index contributed by atoms with van der Waals surface area (Å²) >= 11 is 5.95. The van der Waals surface area contributed by atoms with Gasteiger partial charge in [0, 0.05) is 12.6 Å². The Labute approximate surface area is 97.7 Å². The summed E-state index contributed by atoms with van der Waals surface area (Å²) in [4.78, 5) is 4.30. The fraction of sp³-hybridized carbons (Fsp3) is 0.182. The first-order chi connectivity index (χ1) is 7.50. The van der Waals surface area contributed by atoms with Crippen molar-refractivity contribution >= 4 is 17.4 Å². The van der Waals surface area contributed by atoms with Crippen LogP contribution in [0.1, 0.15) is 5.82 Å². The van der Waals surface area contributed by atoms with Gasteiger partial charge in [0.05, 0.1) is 5.02 Å². The molecule has 0 amide bonds. The summed E-state index contributed by atoms with van der Waals surface area (Å²) in [6.07, 6.45) is 0. The van der Waals surface area contributed by atoms with Crippen LogP contribution >= 0.6 is 11.6 Å². The summed E-state index contributed by atoms with van der Waals surface area (Å²) in [6, 6.07) is 4.17. The maximum absolute atomic E-state index is 12.9. The molecule has 3 nitrogen and oxygen atoms in total. The molecule has 0 fully saturated rings. The summed E-state index contributed by atoms with van der Waals surface area (Å²) in [5, 5.41) is 0.310. The Morgan fingerprint density at radius 1 is 1.44 bits per heavy atom. The summed E-state index contributed by atoms with van der Waals surface area (Å²) in [6.45, 7) is 1.84. The summed E-state index contributed by atoms with van der Waals surface area (Å²) in [5.74, 6) is 0.930. The third kappa shape index (κ3) is 1.65. The van der Waals surface area contributed by atoms with Crippen LogP contribution in [0.25, 0.3) is 11.3 Å². The van der Waals surface area contributed by atoms with E-state index in [-0.39, 0.29) is 5.82 Å². The first-order valence-corrected chi connectivity index (χ1v) is 5.12. The number of hydrogen-bond donors (Lipinski definition) is 1. The number of nitrogens with zero attached hydrogens (tertiary/aromatic N) is 2. The molecule has 16 heavy (non-hydrogen) atoms. The lowest BCUT2D eigenvalue weighted by molar-refractivity contribution is 0.628. The Balaban J connectivity index is 2.63. The predicted octanol–water partition coefficient (Wildman–Crippen LogP) is 2.77. The number of aromatic nitrogens is 2. The monoisotopic (exact) mass is 239 g/mol. The molecule has 0 saturated carbocycles. The van der Waals surface area contributed by atoms with Crippen molar-refractivity contribution in [1.82, 2.24) is 9.55 Å². The number of nitrogens with two attached hydrogens (primary N) is 1. The lowest BCUT2D eigenvalue weighted by atomic mass is 10.1. The molecule has 2 rings (SSSR count). The van der Waals surface area contributed by atoms with Gasteiger partial charge in [-0.1, -0.05) is 11.6 Å². The number of hydrogen-bond acceptors (Lipinski definition) is 2. The number of imidazole rings is 1. The summed E-state index contributed by atoms with van der Waals surface area (Å²) in [7, 11) is 1.82. The second-order valence-electron chi connectivity index (χ2n) is 3.58. The number of benzene rings is 1. The molecule has 0 bridgehead atoms. The molecule has 1 aromatic heterocycles. The van der Waals surface area contributed by atoms with Crippen molar-refractivity contribution in [2.75, 3.05) is 5.73 Å². The van der Waals surface area contributed by atoms with Crippen molar-refractivity contribution in [1.29, 1.82) is 0 Å². The second kappa shape index (κ2) is 3.79. The largest absolute Gasteiger partial charge is 0.383 e. The third-order valence-corrected chi connectivity index (χ3v) is 2.86. The lowest BCUT2D eigenvalue weighted by Gasteiger charge is -2.03. The molecular weight excluding hydrogens is 229 g/mol. The summed E-state index contributed by atoms with van der Waals surface area (Å²) < 4.78 is 14.7. The minimum atomic E-state index is -0.375. The molecule has 0 atom stereocenters. The number of anilines is 1. The molecule has 0 unspecified atom stereocenters. The highest BCUT2D eigenvalue weighted by Crippen LogP contribution is 2.31. The van der Waals surface area contributed by atoms with Gasteiger partial charge in [-0.15, -0.1) is 0 Å². The molecule has 0 radical (unpaired) electrons. The van der Waals surface area contributed by atoms with Gasteiger partial charge >= 0.3 is 0 Å². The zero-order valence-corrected chi connectivity index (χ0v) is 9.72. The Morgan fingerprint density at radius 2 is 2.12 bits per heavy atom. The van der Waals surface area contributed by atoms with Crippen LogP contribution in [0.3, 0.4) is 0 Å². The molecule has 1 aromatic carbocycles. The Hall–Kier alpha value is -1.55. The van der Waals surface area contributed by atoms with Gasteiger partial charge in [0.2, 0.25) is 0 Å². The lowest BCUT2D eigenvalue weighted by Crippen LogP contribution is -1.98. The highest BCUT2D eigenvalue weighted by Gasteiger charge is 2.14. The molecule has 5 heteroatoms. The molecule has 0 saturated heterocycles. The minimum absolute atomic E-state index is 0.310. The van der Waals surface area contributed by atoms with Crippen LogP contribution in [0.15, 0.2) is 18.2 Å². The standard InChI is InChI=1S/C11H11ClFN3/c1-6-15-10(11(14)16(6)2)8-4-3-7(13)5-9(8)12/h3-5H,14H2,1-2H3. The molecule has 0 aliphatic rings. The van der Waals surface area contributed by atoms with Crippen molar-refractivity contribution in [2.24, 2.45) is 7.05 Å². The smallest absolute Gasteiger partial charge is 0.131 e. The van der Waals surface area contributed by atoms with Gasteiger partial charge in [0.25, 0.3) is 0 Å². The predicted molar refractivity (Wildman–Crippen MR) is 62.8 cm³/mol. The molecule has 84 valence electrons. The first kappa shape index (κ1) is 11.0. The molecule has 0 aliphatic carbocycles. The van der Waals surface area contributed by atoms with Gasteiger partial charge in [-0.3, -0.25) is 0 Å². The molecule has 2 N–H and O–H groups in total. The average Bonchev–Trinajstić information content (AvgIpc) is 2.46. The van der Waals surface area contributed by atoms with Gasteiger partial charge in [0.1, 0.15) is 23.2 Å². The third-order valence-electron chi connectivity index (χ3n) is 2.55. The van der Waals surface area contributed by atoms with Crippen LogP contribution in [0.4, 0.5) is 10.2 Å². The van der Waals surface area contributed by atoms with E-state index >= 15 is 0 Å². The number of aryl methyl sites for hydroxylation is 1. The van der Waals surface area contributed by atoms with Gasteiger partial charge in [-0.2, -0.15) is 0 Å². The van der Waals surface area contributed by atoms with Crippen molar-refractivity contribution in [3.05, 3.63) is 34.9 Å². The van der Waals surface area contributed by atoms with E-state index in [0.29, 0.717) is 22.1 Å². The molecule has 0 aliphatic heterocycles. The fourth-order valence-corrected chi connectivity index (χ4v) is 1.76. The average molecular weight is 240 g/mol. The zero-order chi connectivity index (χ0) is 11.9. The highest BCUT2D eigenvalue weighted by atomic mass is 35.5. The SMILES string of the molecule is Cc1nc(-c2ccc(F)cc2Cl)c(N)n1C. The fourth-order valence-electron chi connectivity index (χ4n) is 1.51.